The van der Waals surface area contributed by atoms with Gasteiger partial charge in [-0.3, -0.25) is 4.79 Å². The number of hydrogen-bond acceptors (Lipinski definition) is 4. The van der Waals surface area contributed by atoms with E-state index in [4.69, 9.17) is 9.47 Å². The summed E-state index contributed by atoms with van der Waals surface area (Å²) < 4.78 is 9.82. The number of methoxy groups -OCH3 is 1. The Balaban J connectivity index is 3.20. The Labute approximate surface area is 85.4 Å². The fourth-order valence-corrected chi connectivity index (χ4v) is 0.777. The van der Waals surface area contributed by atoms with Gasteiger partial charge in [-0.1, -0.05) is 0 Å². The van der Waals surface area contributed by atoms with Crippen LogP contribution in [0.5, 0.6) is 0 Å². The van der Waals surface area contributed by atoms with Gasteiger partial charge in [-0.05, 0) is 14.1 Å². The molecule has 0 aromatic carbocycles. The van der Waals surface area contributed by atoms with E-state index in [9.17, 15) is 4.79 Å². The quantitative estimate of drug-likeness (QED) is 0.533. The van der Waals surface area contributed by atoms with Gasteiger partial charge in [0.15, 0.2) is 0 Å². The van der Waals surface area contributed by atoms with Crippen molar-refractivity contribution in [3.63, 3.8) is 0 Å². The lowest BCUT2D eigenvalue weighted by Crippen LogP contribution is -2.33. The van der Waals surface area contributed by atoms with Crippen LogP contribution in [0, 0.1) is 0 Å². The van der Waals surface area contributed by atoms with Gasteiger partial charge in [0.1, 0.15) is 6.61 Å². The summed E-state index contributed by atoms with van der Waals surface area (Å²) in [6.45, 7) is 2.57. The molecule has 0 unspecified atom stereocenters. The van der Waals surface area contributed by atoms with Crippen LogP contribution in [0.3, 0.4) is 0 Å². The summed E-state index contributed by atoms with van der Waals surface area (Å²) in [4.78, 5) is 13.1. The van der Waals surface area contributed by atoms with Gasteiger partial charge < -0.3 is 19.7 Å². The maximum absolute atomic E-state index is 11.1. The van der Waals surface area contributed by atoms with Crippen molar-refractivity contribution in [2.24, 2.45) is 0 Å². The summed E-state index contributed by atoms with van der Waals surface area (Å²) in [6, 6.07) is 0. The molecule has 0 aliphatic rings. The van der Waals surface area contributed by atoms with E-state index in [-0.39, 0.29) is 12.5 Å². The summed E-state index contributed by atoms with van der Waals surface area (Å²) in [5.41, 5.74) is 0. The van der Waals surface area contributed by atoms with Gasteiger partial charge in [-0.2, -0.15) is 0 Å². The Morgan fingerprint density at radius 3 is 2.64 bits per heavy atom. The van der Waals surface area contributed by atoms with Crippen molar-refractivity contribution in [1.29, 1.82) is 0 Å². The minimum Gasteiger partial charge on any atom is -0.382 e. The Kier molecular flexibility index (Phi) is 8.51. The lowest BCUT2D eigenvalue weighted by atomic mass is 10.5. The maximum Gasteiger partial charge on any atom is 0.246 e. The van der Waals surface area contributed by atoms with E-state index in [1.807, 2.05) is 19.0 Å². The second kappa shape index (κ2) is 8.93. The second-order valence-electron chi connectivity index (χ2n) is 3.20. The highest BCUT2D eigenvalue weighted by atomic mass is 16.5. The third kappa shape index (κ3) is 9.44. The van der Waals surface area contributed by atoms with E-state index < -0.39 is 0 Å². The molecule has 0 aromatic heterocycles. The molecule has 0 aromatic rings. The van der Waals surface area contributed by atoms with Crippen molar-refractivity contribution in [3.05, 3.63) is 0 Å². The molecule has 14 heavy (non-hydrogen) atoms. The molecule has 0 aliphatic heterocycles. The molecular weight excluding hydrogens is 184 g/mol. The van der Waals surface area contributed by atoms with Crippen LogP contribution in [0.25, 0.3) is 0 Å². The second-order valence-corrected chi connectivity index (χ2v) is 3.20. The number of nitrogens with zero attached hydrogens (tertiary/aromatic N) is 1. The zero-order valence-electron chi connectivity index (χ0n) is 9.21. The molecule has 0 fully saturated rings. The average Bonchev–Trinajstić information content (AvgIpc) is 2.12. The van der Waals surface area contributed by atoms with Crippen LogP contribution < -0.4 is 5.32 Å². The predicted octanol–water partition coefficient (Wildman–Crippen LogP) is -0.673. The van der Waals surface area contributed by atoms with Crippen LogP contribution in [0.15, 0.2) is 0 Å². The molecule has 0 saturated heterocycles. The summed E-state index contributed by atoms with van der Waals surface area (Å²) in [7, 11) is 5.52. The SMILES string of the molecule is COCCOCC(=O)NCCN(C)C. The summed E-state index contributed by atoms with van der Waals surface area (Å²) in [5, 5.41) is 2.74. The largest absolute Gasteiger partial charge is 0.382 e. The minimum atomic E-state index is -0.0806. The zero-order chi connectivity index (χ0) is 10.8. The smallest absolute Gasteiger partial charge is 0.246 e. The first kappa shape index (κ1) is 13.4. The molecule has 0 saturated carbocycles. The standard InChI is InChI=1S/C9H20N2O3/c1-11(2)5-4-10-9(12)8-14-7-6-13-3/h4-8H2,1-3H3,(H,10,12). The normalized spacial score (nSPS) is 10.6. The van der Waals surface area contributed by atoms with E-state index in [0.29, 0.717) is 19.8 Å². The highest BCUT2D eigenvalue weighted by molar-refractivity contribution is 5.77. The highest BCUT2D eigenvalue weighted by Crippen LogP contribution is 1.77. The zero-order valence-corrected chi connectivity index (χ0v) is 9.21. The summed E-state index contributed by atoms with van der Waals surface area (Å²) in [6.07, 6.45) is 0. The molecule has 1 N–H and O–H groups in total. The van der Waals surface area contributed by atoms with Crippen molar-refractivity contribution < 1.29 is 14.3 Å². The number of likely N-dealkylation sites (N-methyl/N-ethyl adjacent to an activating group) is 1. The molecule has 0 rings (SSSR count). The number of amides is 1. The van der Waals surface area contributed by atoms with Gasteiger partial charge in [-0.15, -0.1) is 0 Å². The number of carbonyl (C=O) groups excluding carboxylic acids is 1. The maximum atomic E-state index is 11.1. The monoisotopic (exact) mass is 204 g/mol. The van der Waals surface area contributed by atoms with Crippen LogP contribution in [-0.4, -0.2) is 64.9 Å². The van der Waals surface area contributed by atoms with Gasteiger partial charge >= 0.3 is 0 Å². The first-order valence-electron chi connectivity index (χ1n) is 4.65. The highest BCUT2D eigenvalue weighted by Gasteiger charge is 2.00. The third-order valence-electron chi connectivity index (χ3n) is 1.55. The molecular formula is C9H20N2O3. The Morgan fingerprint density at radius 1 is 1.36 bits per heavy atom. The first-order valence-corrected chi connectivity index (χ1v) is 4.65. The number of hydrogen-bond donors (Lipinski definition) is 1. The first-order chi connectivity index (χ1) is 6.66. The van der Waals surface area contributed by atoms with Crippen LogP contribution in [0.1, 0.15) is 0 Å². The van der Waals surface area contributed by atoms with Crippen LogP contribution in [-0.2, 0) is 14.3 Å². The molecule has 0 aliphatic carbocycles. The third-order valence-corrected chi connectivity index (χ3v) is 1.55. The molecule has 0 heterocycles. The molecule has 0 radical (unpaired) electrons. The Morgan fingerprint density at radius 2 is 2.07 bits per heavy atom. The van der Waals surface area contributed by atoms with E-state index in [1.54, 1.807) is 7.11 Å². The molecule has 0 spiro atoms. The Bertz CT molecular complexity index is 151. The van der Waals surface area contributed by atoms with E-state index in [1.165, 1.54) is 0 Å². The molecule has 5 nitrogen and oxygen atoms in total. The van der Waals surface area contributed by atoms with Crippen molar-refractivity contribution in [2.75, 3.05) is 54.1 Å². The number of rotatable bonds is 8. The van der Waals surface area contributed by atoms with Crippen molar-refractivity contribution in [1.82, 2.24) is 10.2 Å². The lowest BCUT2D eigenvalue weighted by Gasteiger charge is -2.10. The summed E-state index contributed by atoms with van der Waals surface area (Å²) >= 11 is 0. The minimum absolute atomic E-state index is 0.0806. The van der Waals surface area contributed by atoms with Crippen LogP contribution in [0.4, 0.5) is 0 Å². The van der Waals surface area contributed by atoms with Gasteiger partial charge in [0.2, 0.25) is 5.91 Å². The van der Waals surface area contributed by atoms with E-state index in [2.05, 4.69) is 5.32 Å². The Hall–Kier alpha value is -0.650. The number of nitrogens with one attached hydrogen (secondary N) is 1. The predicted molar refractivity (Wildman–Crippen MR) is 54.3 cm³/mol. The van der Waals surface area contributed by atoms with Crippen LogP contribution in [0.2, 0.25) is 0 Å². The van der Waals surface area contributed by atoms with Crippen molar-refractivity contribution in [2.45, 2.75) is 0 Å². The molecule has 0 atom stereocenters. The molecule has 1 amide bonds. The average molecular weight is 204 g/mol. The van der Waals surface area contributed by atoms with Crippen molar-refractivity contribution >= 4 is 5.91 Å². The van der Waals surface area contributed by atoms with Crippen molar-refractivity contribution in [3.8, 4) is 0 Å². The van der Waals surface area contributed by atoms with Gasteiger partial charge in [-0.25, -0.2) is 0 Å². The topological polar surface area (TPSA) is 50.8 Å². The van der Waals surface area contributed by atoms with Gasteiger partial charge in [0, 0.05) is 20.2 Å². The summed E-state index contributed by atoms with van der Waals surface area (Å²) in [5.74, 6) is -0.0806. The van der Waals surface area contributed by atoms with Gasteiger partial charge in [0.05, 0.1) is 13.2 Å². The van der Waals surface area contributed by atoms with Crippen LogP contribution >= 0.6 is 0 Å². The number of carbonyl (C=O) groups is 1. The number of ether oxygens (including phenoxy) is 2. The van der Waals surface area contributed by atoms with E-state index in [0.717, 1.165) is 6.54 Å². The fourth-order valence-electron chi connectivity index (χ4n) is 0.777. The molecule has 84 valence electrons. The fraction of sp³-hybridized carbons (Fsp3) is 0.889. The van der Waals surface area contributed by atoms with E-state index >= 15 is 0 Å². The molecule has 0 bridgehead atoms. The molecule has 5 heteroatoms. The van der Waals surface area contributed by atoms with Gasteiger partial charge in [0.25, 0.3) is 0 Å². The lowest BCUT2D eigenvalue weighted by molar-refractivity contribution is -0.126.